The van der Waals surface area contributed by atoms with E-state index >= 15 is 0 Å². The highest BCUT2D eigenvalue weighted by Crippen LogP contribution is 2.52. The maximum absolute atomic E-state index is 13.4. The maximum Gasteiger partial charge on any atom is 0.173 e. The van der Waals surface area contributed by atoms with Gasteiger partial charge < -0.3 is 5.73 Å². The van der Waals surface area contributed by atoms with E-state index in [0.717, 1.165) is 24.5 Å². The lowest BCUT2D eigenvalue weighted by Gasteiger charge is -2.21. The topological polar surface area (TPSA) is 26.0 Å². The van der Waals surface area contributed by atoms with Crippen LogP contribution in [-0.4, -0.2) is 6.04 Å². The molecule has 1 nitrogen and oxygen atoms in total. The summed E-state index contributed by atoms with van der Waals surface area (Å²) in [7, 11) is 0. The van der Waals surface area contributed by atoms with E-state index in [1.165, 1.54) is 0 Å². The van der Waals surface area contributed by atoms with Gasteiger partial charge in [-0.2, -0.15) is 0 Å². The summed E-state index contributed by atoms with van der Waals surface area (Å²) in [6, 6.07) is 2.75. The molecule has 1 unspecified atom stereocenters. The van der Waals surface area contributed by atoms with Crippen molar-refractivity contribution in [1.29, 1.82) is 0 Å². The molecule has 0 aromatic heterocycles. The second kappa shape index (κ2) is 3.52. The first-order valence-corrected chi connectivity index (χ1v) is 5.68. The van der Waals surface area contributed by atoms with Crippen LogP contribution in [0.2, 0.25) is 0 Å². The summed E-state index contributed by atoms with van der Waals surface area (Å²) in [5.41, 5.74) is 6.51. The third-order valence-electron chi connectivity index (χ3n) is 3.23. The van der Waals surface area contributed by atoms with Crippen LogP contribution in [0.25, 0.3) is 0 Å². The number of nitrogens with two attached hydrogens (primary N) is 1. The molecule has 1 aliphatic rings. The van der Waals surface area contributed by atoms with E-state index in [9.17, 15) is 8.78 Å². The molecule has 15 heavy (non-hydrogen) atoms. The first-order chi connectivity index (χ1) is 6.99. The molecule has 0 radical (unpaired) electrons. The van der Waals surface area contributed by atoms with Crippen LogP contribution < -0.4 is 5.73 Å². The van der Waals surface area contributed by atoms with Gasteiger partial charge in [0.25, 0.3) is 0 Å². The number of hydrogen-bond acceptors (Lipinski definition) is 1. The Hall–Kier alpha value is -0.480. The van der Waals surface area contributed by atoms with Crippen molar-refractivity contribution in [2.45, 2.75) is 31.2 Å². The molecule has 0 aliphatic heterocycles. The van der Waals surface area contributed by atoms with E-state index in [2.05, 4.69) is 15.9 Å². The van der Waals surface area contributed by atoms with Crippen molar-refractivity contribution in [2.75, 3.05) is 0 Å². The minimum atomic E-state index is -0.828. The SMILES string of the molecule is CC(N)C1(c2ccc(F)c(F)c2Br)CC1. The highest BCUT2D eigenvalue weighted by atomic mass is 79.9. The zero-order valence-corrected chi connectivity index (χ0v) is 9.94. The summed E-state index contributed by atoms with van der Waals surface area (Å²) >= 11 is 3.10. The minimum Gasteiger partial charge on any atom is -0.327 e. The molecule has 1 fully saturated rings. The van der Waals surface area contributed by atoms with Crippen LogP contribution in [0.1, 0.15) is 25.3 Å². The molecular weight excluding hydrogens is 264 g/mol. The first-order valence-electron chi connectivity index (χ1n) is 4.88. The maximum atomic E-state index is 13.4. The van der Waals surface area contributed by atoms with Gasteiger partial charge >= 0.3 is 0 Å². The quantitative estimate of drug-likeness (QED) is 0.825. The van der Waals surface area contributed by atoms with Gasteiger partial charge in [0.1, 0.15) is 0 Å². The highest BCUT2D eigenvalue weighted by molar-refractivity contribution is 9.10. The van der Waals surface area contributed by atoms with Crippen molar-refractivity contribution >= 4 is 15.9 Å². The Morgan fingerprint density at radius 3 is 2.47 bits per heavy atom. The Morgan fingerprint density at radius 2 is 2.00 bits per heavy atom. The van der Waals surface area contributed by atoms with Crippen LogP contribution in [-0.2, 0) is 5.41 Å². The molecular formula is C11H12BrF2N. The second-order valence-electron chi connectivity index (χ2n) is 4.17. The minimum absolute atomic E-state index is 0.0429. The van der Waals surface area contributed by atoms with Gasteiger partial charge in [0.2, 0.25) is 0 Å². The molecule has 1 aliphatic carbocycles. The van der Waals surface area contributed by atoms with Gasteiger partial charge in [-0.3, -0.25) is 0 Å². The van der Waals surface area contributed by atoms with Gasteiger partial charge in [0.05, 0.1) is 4.47 Å². The fourth-order valence-electron chi connectivity index (χ4n) is 2.02. The zero-order valence-electron chi connectivity index (χ0n) is 8.36. The van der Waals surface area contributed by atoms with E-state index in [0.29, 0.717) is 0 Å². The summed E-state index contributed by atoms with van der Waals surface area (Å²) in [5, 5.41) is 0. The molecule has 82 valence electrons. The van der Waals surface area contributed by atoms with E-state index < -0.39 is 11.6 Å². The van der Waals surface area contributed by atoms with E-state index in [1.807, 2.05) is 6.92 Å². The average Bonchev–Trinajstić information content (AvgIpc) is 2.95. The lowest BCUT2D eigenvalue weighted by atomic mass is 9.89. The summed E-state index contributed by atoms with van der Waals surface area (Å²) in [5.74, 6) is -1.65. The molecule has 1 aromatic carbocycles. The van der Waals surface area contributed by atoms with Gasteiger partial charge in [-0.25, -0.2) is 8.78 Å². The smallest absolute Gasteiger partial charge is 0.173 e. The summed E-state index contributed by atoms with van der Waals surface area (Å²) in [6.45, 7) is 1.90. The molecule has 1 atom stereocenters. The number of halogens is 3. The molecule has 0 saturated heterocycles. The lowest BCUT2D eigenvalue weighted by Crippen LogP contribution is -2.32. The van der Waals surface area contributed by atoms with Crippen molar-refractivity contribution in [3.05, 3.63) is 33.8 Å². The first kappa shape index (κ1) is 11.0. The van der Waals surface area contributed by atoms with Crippen LogP contribution in [0.5, 0.6) is 0 Å². The summed E-state index contributed by atoms with van der Waals surface area (Å²) < 4.78 is 26.5. The largest absolute Gasteiger partial charge is 0.327 e. The standard InChI is InChI=1S/C11H12BrF2N/c1-6(15)11(4-5-11)7-2-3-8(13)10(14)9(7)12/h2-3,6H,4-5,15H2,1H3. The number of rotatable bonds is 2. The highest BCUT2D eigenvalue weighted by Gasteiger charge is 2.48. The monoisotopic (exact) mass is 275 g/mol. The number of benzene rings is 1. The van der Waals surface area contributed by atoms with Crippen molar-refractivity contribution in [3.8, 4) is 0 Å². The Morgan fingerprint density at radius 1 is 1.40 bits per heavy atom. The van der Waals surface area contributed by atoms with Gasteiger partial charge in [-0.15, -0.1) is 0 Å². The predicted molar refractivity (Wildman–Crippen MR) is 58.6 cm³/mol. The third-order valence-corrected chi connectivity index (χ3v) is 4.01. The van der Waals surface area contributed by atoms with E-state index in [4.69, 9.17) is 5.73 Å². The van der Waals surface area contributed by atoms with Crippen LogP contribution in [0, 0.1) is 11.6 Å². The second-order valence-corrected chi connectivity index (χ2v) is 4.96. The normalized spacial score (nSPS) is 20.1. The van der Waals surface area contributed by atoms with Crippen molar-refractivity contribution in [3.63, 3.8) is 0 Å². The molecule has 0 amide bonds. The molecule has 0 heterocycles. The Bertz CT molecular complexity index is 400. The van der Waals surface area contributed by atoms with Crippen LogP contribution >= 0.6 is 15.9 Å². The van der Waals surface area contributed by atoms with Crippen molar-refractivity contribution in [2.24, 2.45) is 5.73 Å². The Balaban J connectivity index is 2.51. The molecule has 0 spiro atoms. The third kappa shape index (κ3) is 1.60. The molecule has 0 bridgehead atoms. The van der Waals surface area contributed by atoms with Gasteiger partial charge in [-0.1, -0.05) is 6.07 Å². The summed E-state index contributed by atoms with van der Waals surface area (Å²) in [4.78, 5) is 0. The van der Waals surface area contributed by atoms with Gasteiger partial charge in [0.15, 0.2) is 11.6 Å². The van der Waals surface area contributed by atoms with Crippen LogP contribution in [0.3, 0.4) is 0 Å². The predicted octanol–water partition coefficient (Wildman–Crippen LogP) is 3.11. The molecule has 1 aromatic rings. The Labute approximate surface area is 95.8 Å². The van der Waals surface area contributed by atoms with E-state index in [-0.39, 0.29) is 15.9 Å². The number of hydrogen-bond donors (Lipinski definition) is 1. The average molecular weight is 276 g/mol. The van der Waals surface area contributed by atoms with Crippen LogP contribution in [0.4, 0.5) is 8.78 Å². The fraction of sp³-hybridized carbons (Fsp3) is 0.455. The molecule has 2 N–H and O–H groups in total. The molecule has 1 saturated carbocycles. The Kier molecular flexibility index (Phi) is 2.59. The molecule has 2 rings (SSSR count). The van der Waals surface area contributed by atoms with Crippen LogP contribution in [0.15, 0.2) is 16.6 Å². The summed E-state index contributed by atoms with van der Waals surface area (Å²) in [6.07, 6.45) is 1.88. The molecule has 4 heteroatoms. The van der Waals surface area contributed by atoms with Crippen molar-refractivity contribution in [1.82, 2.24) is 0 Å². The van der Waals surface area contributed by atoms with Crippen molar-refractivity contribution < 1.29 is 8.78 Å². The van der Waals surface area contributed by atoms with Gasteiger partial charge in [0, 0.05) is 11.5 Å². The van der Waals surface area contributed by atoms with E-state index in [1.54, 1.807) is 6.07 Å². The fourth-order valence-corrected chi connectivity index (χ4v) is 2.73. The lowest BCUT2D eigenvalue weighted by molar-refractivity contribution is 0.491. The zero-order chi connectivity index (χ0) is 11.2. The van der Waals surface area contributed by atoms with Gasteiger partial charge in [-0.05, 0) is 47.3 Å².